The van der Waals surface area contributed by atoms with Crippen LogP contribution in [0.2, 0.25) is 6.04 Å². The highest BCUT2D eigenvalue weighted by Crippen LogP contribution is 2.21. The lowest BCUT2D eigenvalue weighted by atomic mass is 9.93. The Kier molecular flexibility index (Phi) is 7.99. The quantitative estimate of drug-likeness (QED) is 0.512. The van der Waals surface area contributed by atoms with Crippen LogP contribution < -0.4 is 0 Å². The Labute approximate surface area is 151 Å². The molecule has 138 valence electrons. The van der Waals surface area contributed by atoms with E-state index in [1.54, 1.807) is 6.08 Å². The second kappa shape index (κ2) is 9.99. The molecule has 1 aromatic rings. The Morgan fingerprint density at radius 2 is 1.68 bits per heavy atom. The van der Waals surface area contributed by atoms with Crippen LogP contribution in [0.5, 0.6) is 0 Å². The van der Waals surface area contributed by atoms with Gasteiger partial charge in [0.1, 0.15) is 6.10 Å². The SMILES string of the molecule is CCO[Si](CCCN=C1c2ccccc2C=CC1O)(OCC)OCC. The maximum Gasteiger partial charge on any atom is 0.500 e. The second-order valence-electron chi connectivity index (χ2n) is 5.74. The van der Waals surface area contributed by atoms with E-state index in [4.69, 9.17) is 13.3 Å². The first-order valence-electron chi connectivity index (χ1n) is 9.07. The fourth-order valence-electron chi connectivity index (χ4n) is 3.00. The van der Waals surface area contributed by atoms with Crippen molar-refractivity contribution >= 4 is 20.6 Å². The Hall–Kier alpha value is -1.31. The van der Waals surface area contributed by atoms with Gasteiger partial charge in [0.2, 0.25) is 0 Å². The van der Waals surface area contributed by atoms with Crippen molar-refractivity contribution in [1.82, 2.24) is 0 Å². The van der Waals surface area contributed by atoms with Crippen LogP contribution in [0.3, 0.4) is 0 Å². The van der Waals surface area contributed by atoms with E-state index in [-0.39, 0.29) is 0 Å². The zero-order valence-corrected chi connectivity index (χ0v) is 16.4. The minimum atomic E-state index is -2.62. The van der Waals surface area contributed by atoms with Gasteiger partial charge in [-0.15, -0.1) is 0 Å². The Balaban J connectivity index is 2.02. The summed E-state index contributed by atoms with van der Waals surface area (Å²) in [4.78, 5) is 4.66. The van der Waals surface area contributed by atoms with Gasteiger partial charge in [-0.2, -0.15) is 0 Å². The van der Waals surface area contributed by atoms with Gasteiger partial charge in [-0.1, -0.05) is 30.3 Å². The van der Waals surface area contributed by atoms with Gasteiger partial charge >= 0.3 is 8.80 Å². The maximum atomic E-state index is 10.2. The summed E-state index contributed by atoms with van der Waals surface area (Å²) in [6.45, 7) is 8.23. The number of aliphatic hydroxyl groups excluding tert-OH is 1. The number of aliphatic hydroxyl groups is 1. The van der Waals surface area contributed by atoms with Crippen LogP contribution in [0.1, 0.15) is 38.3 Å². The molecule has 0 radical (unpaired) electrons. The van der Waals surface area contributed by atoms with E-state index in [1.807, 2.05) is 51.1 Å². The number of aliphatic imine (C=N–C) groups is 1. The highest BCUT2D eigenvalue weighted by Gasteiger charge is 2.39. The molecule has 0 amide bonds. The Morgan fingerprint density at radius 1 is 1.04 bits per heavy atom. The standard InChI is InChI=1S/C19H29NO4Si/c1-4-22-25(23-5-2,24-6-3)15-9-14-20-19-17-11-8-7-10-16(17)12-13-18(19)21/h7-8,10-13,18,21H,4-6,9,14-15H2,1-3H3. The molecule has 1 aliphatic carbocycles. The zero-order valence-electron chi connectivity index (χ0n) is 15.4. The van der Waals surface area contributed by atoms with Crippen LogP contribution >= 0.6 is 0 Å². The van der Waals surface area contributed by atoms with Crippen LogP contribution in [-0.2, 0) is 13.3 Å². The zero-order chi connectivity index (χ0) is 18.1. The van der Waals surface area contributed by atoms with E-state index in [1.165, 1.54) is 0 Å². The van der Waals surface area contributed by atoms with Gasteiger partial charge < -0.3 is 18.4 Å². The molecule has 6 heteroatoms. The Bertz CT molecular complexity index is 586. The molecule has 0 aromatic heterocycles. The van der Waals surface area contributed by atoms with E-state index < -0.39 is 14.9 Å². The lowest BCUT2D eigenvalue weighted by Gasteiger charge is -2.28. The summed E-state index contributed by atoms with van der Waals surface area (Å²) >= 11 is 0. The number of hydrogen-bond donors (Lipinski definition) is 1. The van der Waals surface area contributed by atoms with Gasteiger partial charge in [-0.05, 0) is 38.8 Å². The first kappa shape index (κ1) is 20.0. The molecule has 0 bridgehead atoms. The summed E-state index contributed by atoms with van der Waals surface area (Å²) in [5.41, 5.74) is 2.82. The molecule has 1 unspecified atom stereocenters. The summed E-state index contributed by atoms with van der Waals surface area (Å²) in [5.74, 6) is 0. The molecule has 0 fully saturated rings. The van der Waals surface area contributed by atoms with Crippen molar-refractivity contribution in [2.45, 2.75) is 39.3 Å². The van der Waals surface area contributed by atoms with E-state index >= 15 is 0 Å². The number of nitrogens with zero attached hydrogens (tertiary/aromatic N) is 1. The molecule has 5 nitrogen and oxygen atoms in total. The number of fused-ring (bicyclic) bond motifs is 1. The van der Waals surface area contributed by atoms with Crippen LogP contribution in [-0.4, -0.2) is 52.1 Å². The lowest BCUT2D eigenvalue weighted by Crippen LogP contribution is -2.46. The minimum Gasteiger partial charge on any atom is -0.383 e. The third kappa shape index (κ3) is 5.33. The first-order chi connectivity index (χ1) is 12.2. The predicted octanol–water partition coefficient (Wildman–Crippen LogP) is 3.30. The molecular weight excluding hydrogens is 334 g/mol. The second-order valence-corrected chi connectivity index (χ2v) is 8.48. The summed E-state index contributed by atoms with van der Waals surface area (Å²) in [6, 6.07) is 8.72. The third-order valence-corrected chi connectivity index (χ3v) is 7.14. The largest absolute Gasteiger partial charge is 0.500 e. The Morgan fingerprint density at radius 3 is 2.32 bits per heavy atom. The summed E-state index contributed by atoms with van der Waals surface area (Å²) in [7, 11) is -2.62. The minimum absolute atomic E-state index is 0.581. The summed E-state index contributed by atoms with van der Waals surface area (Å²) < 4.78 is 17.6. The predicted molar refractivity (Wildman–Crippen MR) is 103 cm³/mol. The average molecular weight is 364 g/mol. The van der Waals surface area contributed by atoms with Crippen molar-refractivity contribution in [1.29, 1.82) is 0 Å². The van der Waals surface area contributed by atoms with Gasteiger partial charge in [-0.25, -0.2) is 0 Å². The highest BCUT2D eigenvalue weighted by atomic mass is 28.4. The number of rotatable bonds is 10. The third-order valence-electron chi connectivity index (χ3n) is 3.99. The molecule has 1 atom stereocenters. The van der Waals surface area contributed by atoms with Crippen molar-refractivity contribution in [2.24, 2.45) is 4.99 Å². The van der Waals surface area contributed by atoms with Gasteiger partial charge in [-0.3, -0.25) is 4.99 Å². The normalized spacial score (nSPS) is 18.6. The molecule has 1 aliphatic rings. The molecule has 0 aliphatic heterocycles. The fourth-order valence-corrected chi connectivity index (χ4v) is 5.59. The molecule has 0 saturated carbocycles. The van der Waals surface area contributed by atoms with Crippen LogP contribution in [0.15, 0.2) is 35.3 Å². The van der Waals surface area contributed by atoms with Crippen molar-refractivity contribution in [2.75, 3.05) is 26.4 Å². The average Bonchev–Trinajstić information content (AvgIpc) is 2.61. The monoisotopic (exact) mass is 363 g/mol. The van der Waals surface area contributed by atoms with E-state index in [0.717, 1.165) is 29.3 Å². The molecule has 1 aromatic carbocycles. The van der Waals surface area contributed by atoms with E-state index in [0.29, 0.717) is 26.4 Å². The maximum absolute atomic E-state index is 10.2. The smallest absolute Gasteiger partial charge is 0.383 e. The van der Waals surface area contributed by atoms with Crippen molar-refractivity contribution in [3.8, 4) is 0 Å². The van der Waals surface area contributed by atoms with Gasteiger partial charge in [0, 0.05) is 38.0 Å². The highest BCUT2D eigenvalue weighted by molar-refractivity contribution is 6.60. The lowest BCUT2D eigenvalue weighted by molar-refractivity contribution is 0.0710. The van der Waals surface area contributed by atoms with E-state index in [9.17, 15) is 5.11 Å². The number of benzene rings is 1. The van der Waals surface area contributed by atoms with Crippen molar-refractivity contribution in [3.05, 3.63) is 41.5 Å². The van der Waals surface area contributed by atoms with E-state index in [2.05, 4.69) is 4.99 Å². The molecule has 1 N–H and O–H groups in total. The fraction of sp³-hybridized carbons (Fsp3) is 0.526. The van der Waals surface area contributed by atoms with Crippen LogP contribution in [0, 0.1) is 0 Å². The van der Waals surface area contributed by atoms with Crippen LogP contribution in [0.4, 0.5) is 0 Å². The molecule has 2 rings (SSSR count). The van der Waals surface area contributed by atoms with Gasteiger partial charge in [0.05, 0.1) is 5.71 Å². The van der Waals surface area contributed by atoms with Gasteiger partial charge in [0.15, 0.2) is 0 Å². The van der Waals surface area contributed by atoms with Crippen LogP contribution in [0.25, 0.3) is 6.08 Å². The number of hydrogen-bond acceptors (Lipinski definition) is 5. The molecule has 0 saturated heterocycles. The molecule has 0 heterocycles. The molecular formula is C19H29NO4Si. The van der Waals surface area contributed by atoms with Crippen molar-refractivity contribution < 1.29 is 18.4 Å². The first-order valence-corrected chi connectivity index (χ1v) is 11.0. The summed E-state index contributed by atoms with van der Waals surface area (Å²) in [6.07, 6.45) is 3.87. The van der Waals surface area contributed by atoms with Gasteiger partial charge in [0.25, 0.3) is 0 Å². The molecule has 25 heavy (non-hydrogen) atoms. The van der Waals surface area contributed by atoms with Crippen molar-refractivity contribution in [3.63, 3.8) is 0 Å². The topological polar surface area (TPSA) is 60.3 Å². The molecule has 0 spiro atoms. The summed E-state index contributed by atoms with van der Waals surface area (Å²) in [5, 5.41) is 10.2.